The molecule has 0 aliphatic carbocycles. The van der Waals surface area contributed by atoms with E-state index in [-0.39, 0.29) is 4.83 Å². The molecule has 0 aromatic heterocycles. The molecule has 0 bridgehead atoms. The van der Waals surface area contributed by atoms with Crippen molar-refractivity contribution < 1.29 is 9.47 Å². The molecule has 1 unspecified atom stereocenters. The van der Waals surface area contributed by atoms with Crippen LogP contribution in [0.25, 0.3) is 0 Å². The number of rotatable bonds is 4. The molecule has 0 fully saturated rings. The van der Waals surface area contributed by atoms with Crippen LogP contribution >= 0.6 is 59.4 Å². The fraction of sp³-hybridized carbons (Fsp3) is 0.200. The van der Waals surface area contributed by atoms with Crippen LogP contribution in [0.1, 0.15) is 16.0 Å². The van der Waals surface area contributed by atoms with E-state index in [4.69, 9.17) is 21.1 Å². The molecule has 0 heterocycles. The van der Waals surface area contributed by atoms with Gasteiger partial charge in [-0.1, -0.05) is 49.5 Å². The molecule has 1 atom stereocenters. The minimum Gasteiger partial charge on any atom is -0.495 e. The summed E-state index contributed by atoms with van der Waals surface area (Å²) in [5.41, 5.74) is 1.92. The lowest BCUT2D eigenvalue weighted by atomic mass is 10.0. The maximum absolute atomic E-state index is 6.31. The van der Waals surface area contributed by atoms with E-state index in [0.29, 0.717) is 10.8 Å². The molecule has 2 aromatic rings. The van der Waals surface area contributed by atoms with Gasteiger partial charge in [0.05, 0.1) is 19.0 Å². The van der Waals surface area contributed by atoms with Gasteiger partial charge in [-0.15, -0.1) is 0 Å². The van der Waals surface area contributed by atoms with Crippen molar-refractivity contribution >= 4 is 59.4 Å². The monoisotopic (exact) mass is 496 g/mol. The Balaban J connectivity index is 2.55. The molecular weight excluding hydrogens is 487 g/mol. The first kappa shape index (κ1) is 17.1. The molecule has 0 spiro atoms. The average molecular weight is 499 g/mol. The largest absolute Gasteiger partial charge is 0.495 e. The highest BCUT2D eigenvalue weighted by molar-refractivity contribution is 9.11. The molecule has 21 heavy (non-hydrogen) atoms. The third-order valence-electron chi connectivity index (χ3n) is 3.02. The Hall–Kier alpha value is -0.230. The molecular formula is C15H12Br3ClO2. The van der Waals surface area contributed by atoms with Gasteiger partial charge in [-0.3, -0.25) is 0 Å². The highest BCUT2D eigenvalue weighted by Crippen LogP contribution is 2.45. The second-order valence-corrected chi connectivity index (χ2v) is 7.26. The molecule has 0 saturated carbocycles. The molecule has 2 rings (SSSR count). The van der Waals surface area contributed by atoms with Gasteiger partial charge in [0.15, 0.2) is 0 Å². The number of ether oxygens (including phenoxy) is 2. The van der Waals surface area contributed by atoms with E-state index in [2.05, 4.69) is 47.8 Å². The Kier molecular flexibility index (Phi) is 6.00. The van der Waals surface area contributed by atoms with Gasteiger partial charge in [-0.05, 0) is 45.8 Å². The second-order valence-electron chi connectivity index (χ2n) is 4.23. The summed E-state index contributed by atoms with van der Waals surface area (Å²) >= 11 is 17.0. The number of halogens is 4. The summed E-state index contributed by atoms with van der Waals surface area (Å²) in [4.78, 5) is -0.0975. The summed E-state index contributed by atoms with van der Waals surface area (Å²) in [6.07, 6.45) is 0. The Morgan fingerprint density at radius 1 is 1.00 bits per heavy atom. The van der Waals surface area contributed by atoms with Crippen LogP contribution in [0.4, 0.5) is 0 Å². The van der Waals surface area contributed by atoms with E-state index >= 15 is 0 Å². The topological polar surface area (TPSA) is 18.5 Å². The summed E-state index contributed by atoms with van der Waals surface area (Å²) in [6.45, 7) is 0. The van der Waals surface area contributed by atoms with Crippen LogP contribution in [0.2, 0.25) is 5.02 Å². The summed E-state index contributed by atoms with van der Waals surface area (Å²) < 4.78 is 12.6. The molecule has 0 aliphatic heterocycles. The van der Waals surface area contributed by atoms with Gasteiger partial charge in [0.1, 0.15) is 16.0 Å². The molecule has 6 heteroatoms. The summed E-state index contributed by atoms with van der Waals surface area (Å²) in [5, 5.41) is 0.689. The number of hydrogen-bond acceptors (Lipinski definition) is 2. The predicted molar refractivity (Wildman–Crippen MR) is 97.2 cm³/mol. The van der Waals surface area contributed by atoms with Crippen LogP contribution in [0.15, 0.2) is 39.3 Å². The Morgan fingerprint density at radius 3 is 2.33 bits per heavy atom. The maximum Gasteiger partial charge on any atom is 0.141 e. The van der Waals surface area contributed by atoms with Crippen molar-refractivity contribution in [3.63, 3.8) is 0 Å². The number of hydrogen-bond donors (Lipinski definition) is 0. The van der Waals surface area contributed by atoms with Gasteiger partial charge >= 0.3 is 0 Å². The lowest BCUT2D eigenvalue weighted by molar-refractivity contribution is 0.386. The molecule has 2 nitrogen and oxygen atoms in total. The van der Waals surface area contributed by atoms with Crippen molar-refractivity contribution in [3.8, 4) is 11.5 Å². The van der Waals surface area contributed by atoms with Crippen LogP contribution in [0.3, 0.4) is 0 Å². The molecule has 0 aliphatic rings. The molecule has 0 amide bonds. The van der Waals surface area contributed by atoms with Crippen LogP contribution in [-0.4, -0.2) is 14.2 Å². The molecule has 112 valence electrons. The Morgan fingerprint density at radius 2 is 1.71 bits per heavy atom. The quantitative estimate of drug-likeness (QED) is 0.456. The van der Waals surface area contributed by atoms with Crippen molar-refractivity contribution in [1.29, 1.82) is 0 Å². The number of alkyl halides is 1. The third-order valence-corrected chi connectivity index (χ3v) is 5.60. The minimum absolute atomic E-state index is 0.0975. The van der Waals surface area contributed by atoms with Gasteiger partial charge in [0, 0.05) is 15.1 Å². The van der Waals surface area contributed by atoms with Gasteiger partial charge in [0.25, 0.3) is 0 Å². The minimum atomic E-state index is -0.0975. The fourth-order valence-corrected chi connectivity index (χ4v) is 4.16. The Bertz CT molecular complexity index is 662. The van der Waals surface area contributed by atoms with Crippen LogP contribution in [0.5, 0.6) is 11.5 Å². The first-order chi connectivity index (χ1) is 9.99. The van der Waals surface area contributed by atoms with Crippen molar-refractivity contribution in [3.05, 3.63) is 55.4 Å². The third kappa shape index (κ3) is 3.58. The van der Waals surface area contributed by atoms with Crippen molar-refractivity contribution in [1.82, 2.24) is 0 Å². The number of methoxy groups -OCH3 is 2. The fourth-order valence-electron chi connectivity index (χ4n) is 1.99. The van der Waals surface area contributed by atoms with Gasteiger partial charge in [-0.25, -0.2) is 0 Å². The zero-order valence-electron chi connectivity index (χ0n) is 11.3. The highest BCUT2D eigenvalue weighted by Gasteiger charge is 2.21. The van der Waals surface area contributed by atoms with Gasteiger partial charge in [-0.2, -0.15) is 0 Å². The van der Waals surface area contributed by atoms with E-state index in [9.17, 15) is 0 Å². The van der Waals surface area contributed by atoms with E-state index in [1.165, 1.54) is 0 Å². The van der Waals surface area contributed by atoms with Crippen LogP contribution < -0.4 is 9.47 Å². The van der Waals surface area contributed by atoms with Gasteiger partial charge in [0.2, 0.25) is 0 Å². The Labute approximate surface area is 154 Å². The SMILES string of the molecule is COc1ccc(C(Br)c2cc(Br)ccc2Cl)c(OC)c1Br. The lowest BCUT2D eigenvalue weighted by Gasteiger charge is -2.18. The van der Waals surface area contributed by atoms with E-state index in [1.54, 1.807) is 14.2 Å². The molecule has 0 N–H and O–H groups in total. The van der Waals surface area contributed by atoms with Crippen molar-refractivity contribution in [2.45, 2.75) is 4.83 Å². The summed E-state index contributed by atoms with van der Waals surface area (Å²) in [5.74, 6) is 1.43. The second kappa shape index (κ2) is 7.36. The summed E-state index contributed by atoms with van der Waals surface area (Å²) in [7, 11) is 3.25. The maximum atomic E-state index is 6.31. The van der Waals surface area contributed by atoms with Crippen LogP contribution in [-0.2, 0) is 0 Å². The van der Waals surface area contributed by atoms with E-state index in [1.807, 2.05) is 30.3 Å². The average Bonchev–Trinajstić information content (AvgIpc) is 2.48. The standard InChI is InChI=1S/C15H12Br3ClO2/c1-20-12-6-4-9(15(21-2)14(12)18)13(17)10-7-8(16)3-5-11(10)19/h3-7,13H,1-2H3. The first-order valence-corrected chi connectivity index (χ1v) is 8.87. The molecule has 0 saturated heterocycles. The lowest BCUT2D eigenvalue weighted by Crippen LogP contribution is -2.00. The summed E-state index contributed by atoms with van der Waals surface area (Å²) in [6, 6.07) is 9.60. The molecule has 0 radical (unpaired) electrons. The zero-order valence-corrected chi connectivity index (χ0v) is 16.8. The predicted octanol–water partition coefficient (Wildman–Crippen LogP) is 6.37. The zero-order chi connectivity index (χ0) is 15.6. The smallest absolute Gasteiger partial charge is 0.141 e. The van der Waals surface area contributed by atoms with Gasteiger partial charge < -0.3 is 9.47 Å². The normalized spacial score (nSPS) is 12.1. The number of benzene rings is 2. The van der Waals surface area contributed by atoms with E-state index in [0.717, 1.165) is 25.8 Å². The van der Waals surface area contributed by atoms with E-state index < -0.39 is 0 Å². The first-order valence-electron chi connectivity index (χ1n) is 5.99. The highest BCUT2D eigenvalue weighted by atomic mass is 79.9. The van der Waals surface area contributed by atoms with Crippen molar-refractivity contribution in [2.24, 2.45) is 0 Å². The van der Waals surface area contributed by atoms with Crippen LogP contribution in [0, 0.1) is 0 Å². The van der Waals surface area contributed by atoms with Crippen molar-refractivity contribution in [2.75, 3.05) is 14.2 Å². The molecule has 2 aromatic carbocycles.